The van der Waals surface area contributed by atoms with Crippen LogP contribution in [0, 0.1) is 12.8 Å². The van der Waals surface area contributed by atoms with Gasteiger partial charge in [-0.05, 0) is 25.7 Å². The molecule has 0 unspecified atom stereocenters. The minimum atomic E-state index is -0.0110. The molecule has 0 spiro atoms. The van der Waals surface area contributed by atoms with Crippen LogP contribution in [-0.4, -0.2) is 67.2 Å². The van der Waals surface area contributed by atoms with Crippen LogP contribution in [0.2, 0.25) is 0 Å². The largest absolute Gasteiger partial charge is 0.348 e. The van der Waals surface area contributed by atoms with E-state index in [2.05, 4.69) is 19.9 Å². The SMILES string of the molecule is Cc1[nH]cnc1C(=O)N1CC[C@@H]2[C@@H](CCC(=O)N2CCc2cnc[nH]2)C1. The Bertz CT molecular complexity index is 783. The molecule has 2 saturated heterocycles. The molecule has 0 aromatic carbocycles. The van der Waals surface area contributed by atoms with E-state index in [4.69, 9.17) is 0 Å². The summed E-state index contributed by atoms with van der Waals surface area (Å²) in [6.07, 6.45) is 8.06. The Labute approximate surface area is 152 Å². The Kier molecular flexibility index (Phi) is 4.48. The minimum Gasteiger partial charge on any atom is -0.348 e. The van der Waals surface area contributed by atoms with Crippen LogP contribution in [0.4, 0.5) is 0 Å². The molecule has 2 atom stereocenters. The summed E-state index contributed by atoms with van der Waals surface area (Å²) in [6, 6.07) is 0.225. The van der Waals surface area contributed by atoms with Gasteiger partial charge in [0.1, 0.15) is 5.69 Å². The van der Waals surface area contributed by atoms with Crippen LogP contribution in [0.3, 0.4) is 0 Å². The van der Waals surface area contributed by atoms with Gasteiger partial charge in [-0.3, -0.25) is 9.59 Å². The number of aromatic amines is 2. The molecule has 2 aromatic rings. The summed E-state index contributed by atoms with van der Waals surface area (Å²) in [4.78, 5) is 43.4. The predicted molar refractivity (Wildman–Crippen MR) is 94.4 cm³/mol. The molecule has 2 aliphatic rings. The van der Waals surface area contributed by atoms with Crippen LogP contribution in [-0.2, 0) is 11.2 Å². The number of amides is 2. The zero-order valence-corrected chi connectivity index (χ0v) is 14.9. The molecule has 8 nitrogen and oxygen atoms in total. The van der Waals surface area contributed by atoms with Gasteiger partial charge in [0.15, 0.2) is 0 Å². The van der Waals surface area contributed by atoms with Crippen LogP contribution in [0.15, 0.2) is 18.9 Å². The third kappa shape index (κ3) is 3.11. The highest BCUT2D eigenvalue weighted by Gasteiger charge is 2.40. The first kappa shape index (κ1) is 16.8. The van der Waals surface area contributed by atoms with E-state index >= 15 is 0 Å². The monoisotopic (exact) mass is 356 g/mol. The molecule has 26 heavy (non-hydrogen) atoms. The van der Waals surface area contributed by atoms with Crippen molar-refractivity contribution in [3.63, 3.8) is 0 Å². The highest BCUT2D eigenvalue weighted by molar-refractivity contribution is 5.93. The van der Waals surface area contributed by atoms with Crippen molar-refractivity contribution in [3.05, 3.63) is 35.9 Å². The standard InChI is InChI=1S/C18H24N6O2/c1-12-17(22-11-20-12)18(26)23-6-5-15-13(9-23)2-3-16(25)24(15)7-4-14-8-19-10-21-14/h8,10-11,13,15H,2-7,9H2,1H3,(H,19,21)(H,20,22)/t13-,15+/m0/s1. The van der Waals surface area contributed by atoms with Gasteiger partial charge >= 0.3 is 0 Å². The number of H-pyrrole nitrogens is 2. The summed E-state index contributed by atoms with van der Waals surface area (Å²) in [5.74, 6) is 0.559. The first-order chi connectivity index (χ1) is 12.6. The quantitative estimate of drug-likeness (QED) is 0.858. The van der Waals surface area contributed by atoms with Crippen molar-refractivity contribution in [2.24, 2.45) is 5.92 Å². The number of likely N-dealkylation sites (tertiary alicyclic amines) is 2. The number of rotatable bonds is 4. The lowest BCUT2D eigenvalue weighted by Crippen LogP contribution is -2.57. The van der Waals surface area contributed by atoms with Crippen LogP contribution in [0.25, 0.3) is 0 Å². The maximum Gasteiger partial charge on any atom is 0.274 e. The fourth-order valence-electron chi connectivity index (χ4n) is 4.21. The number of carbonyl (C=O) groups excluding carboxylic acids is 2. The molecule has 4 rings (SSSR count). The Morgan fingerprint density at radius 3 is 2.92 bits per heavy atom. The van der Waals surface area contributed by atoms with Gasteiger partial charge in [0.25, 0.3) is 5.91 Å². The number of aromatic nitrogens is 4. The van der Waals surface area contributed by atoms with Gasteiger partial charge in [-0.2, -0.15) is 0 Å². The number of imidazole rings is 2. The van der Waals surface area contributed by atoms with Crippen LogP contribution in [0.1, 0.15) is 41.1 Å². The van der Waals surface area contributed by atoms with E-state index in [9.17, 15) is 9.59 Å². The number of fused-ring (bicyclic) bond motifs is 1. The maximum atomic E-state index is 12.7. The summed E-state index contributed by atoms with van der Waals surface area (Å²) >= 11 is 0. The molecule has 0 radical (unpaired) electrons. The molecule has 0 bridgehead atoms. The van der Waals surface area contributed by atoms with E-state index in [-0.39, 0.29) is 17.9 Å². The molecule has 2 aromatic heterocycles. The normalized spacial score (nSPS) is 23.2. The highest BCUT2D eigenvalue weighted by Crippen LogP contribution is 2.32. The van der Waals surface area contributed by atoms with Gasteiger partial charge in [-0.25, -0.2) is 9.97 Å². The molecular weight excluding hydrogens is 332 g/mol. The first-order valence-corrected chi connectivity index (χ1v) is 9.19. The van der Waals surface area contributed by atoms with Crippen molar-refractivity contribution in [2.75, 3.05) is 19.6 Å². The van der Waals surface area contributed by atoms with Gasteiger partial charge in [0.2, 0.25) is 5.91 Å². The molecule has 2 amide bonds. The summed E-state index contributed by atoms with van der Waals surface area (Å²) in [6.45, 7) is 3.93. The lowest BCUT2D eigenvalue weighted by molar-refractivity contribution is -0.140. The second-order valence-electron chi connectivity index (χ2n) is 7.20. The van der Waals surface area contributed by atoms with Gasteiger partial charge < -0.3 is 19.8 Å². The van der Waals surface area contributed by atoms with Gasteiger partial charge in [0.05, 0.1) is 12.7 Å². The zero-order chi connectivity index (χ0) is 18.1. The molecular formula is C18H24N6O2. The number of nitrogens with one attached hydrogen (secondary N) is 2. The second kappa shape index (κ2) is 6.93. The predicted octanol–water partition coefficient (Wildman–Crippen LogP) is 1.14. The molecule has 2 N–H and O–H groups in total. The van der Waals surface area contributed by atoms with Crippen LogP contribution in [0.5, 0.6) is 0 Å². The van der Waals surface area contributed by atoms with Gasteiger partial charge in [-0.15, -0.1) is 0 Å². The molecule has 2 fully saturated rings. The summed E-state index contributed by atoms with van der Waals surface area (Å²) in [7, 11) is 0. The first-order valence-electron chi connectivity index (χ1n) is 9.19. The third-order valence-electron chi connectivity index (χ3n) is 5.64. The van der Waals surface area contributed by atoms with E-state index in [0.29, 0.717) is 37.7 Å². The van der Waals surface area contributed by atoms with Crippen molar-refractivity contribution in [1.82, 2.24) is 29.7 Å². The number of piperidine rings is 2. The minimum absolute atomic E-state index is 0.0110. The lowest BCUT2D eigenvalue weighted by atomic mass is 9.83. The fourth-order valence-corrected chi connectivity index (χ4v) is 4.21. The maximum absolute atomic E-state index is 12.7. The van der Waals surface area contributed by atoms with E-state index in [0.717, 1.165) is 30.7 Å². The number of hydrogen-bond donors (Lipinski definition) is 2. The summed E-state index contributed by atoms with van der Waals surface area (Å²) in [5.41, 5.74) is 2.35. The Morgan fingerprint density at radius 1 is 1.31 bits per heavy atom. The van der Waals surface area contributed by atoms with Crippen LogP contribution >= 0.6 is 0 Å². The highest BCUT2D eigenvalue weighted by atomic mass is 16.2. The molecule has 4 heterocycles. The average Bonchev–Trinajstić information content (AvgIpc) is 3.31. The van der Waals surface area contributed by atoms with Crippen LogP contribution < -0.4 is 0 Å². The van der Waals surface area contributed by atoms with E-state index in [1.165, 1.54) is 0 Å². The van der Waals surface area contributed by atoms with Gasteiger partial charge in [0, 0.05) is 56.1 Å². The number of carbonyl (C=O) groups is 2. The van der Waals surface area contributed by atoms with E-state index in [1.54, 1.807) is 18.9 Å². The smallest absolute Gasteiger partial charge is 0.274 e. The van der Waals surface area contributed by atoms with Crippen molar-refractivity contribution in [2.45, 2.75) is 38.6 Å². The Hall–Kier alpha value is -2.64. The topological polar surface area (TPSA) is 98.0 Å². The molecule has 2 aliphatic heterocycles. The van der Waals surface area contributed by atoms with Gasteiger partial charge in [-0.1, -0.05) is 0 Å². The molecule has 138 valence electrons. The summed E-state index contributed by atoms with van der Waals surface area (Å²) in [5, 5.41) is 0. The number of hydrogen-bond acceptors (Lipinski definition) is 4. The number of nitrogens with zero attached hydrogens (tertiary/aromatic N) is 4. The van der Waals surface area contributed by atoms with E-state index < -0.39 is 0 Å². The zero-order valence-electron chi connectivity index (χ0n) is 14.9. The summed E-state index contributed by atoms with van der Waals surface area (Å²) < 4.78 is 0. The Balaban J connectivity index is 1.42. The molecule has 0 aliphatic carbocycles. The third-order valence-corrected chi connectivity index (χ3v) is 5.64. The average molecular weight is 356 g/mol. The lowest BCUT2D eigenvalue weighted by Gasteiger charge is -2.47. The number of aryl methyl sites for hydroxylation is 1. The second-order valence-corrected chi connectivity index (χ2v) is 7.20. The van der Waals surface area contributed by atoms with Crippen molar-refractivity contribution in [1.29, 1.82) is 0 Å². The molecule has 8 heteroatoms. The fraction of sp³-hybridized carbons (Fsp3) is 0.556. The van der Waals surface area contributed by atoms with Crippen molar-refractivity contribution < 1.29 is 9.59 Å². The van der Waals surface area contributed by atoms with E-state index in [1.807, 2.05) is 16.7 Å². The van der Waals surface area contributed by atoms with Crippen molar-refractivity contribution >= 4 is 11.8 Å². The van der Waals surface area contributed by atoms with Crippen molar-refractivity contribution in [3.8, 4) is 0 Å². The molecule has 0 saturated carbocycles. The Morgan fingerprint density at radius 2 is 2.19 bits per heavy atom.